The zero-order valence-corrected chi connectivity index (χ0v) is 15.8. The number of benzene rings is 2. The number of ether oxygens (including phenoxy) is 2. The maximum atomic E-state index is 12.7. The Kier molecular flexibility index (Phi) is 5.14. The number of esters is 1. The molecule has 1 saturated heterocycles. The number of carbonyl (C=O) groups is 2. The van der Waals surface area contributed by atoms with Gasteiger partial charge in [-0.25, -0.2) is 4.79 Å². The number of para-hydroxylation sites is 1. The Balaban J connectivity index is 1.95. The van der Waals surface area contributed by atoms with E-state index in [1.807, 2.05) is 4.90 Å². The molecule has 0 aliphatic carbocycles. The predicted molar refractivity (Wildman–Crippen MR) is 108 cm³/mol. The summed E-state index contributed by atoms with van der Waals surface area (Å²) in [6.07, 6.45) is 0.615. The molecule has 0 radical (unpaired) electrons. The Morgan fingerprint density at radius 3 is 2.55 bits per heavy atom. The molecule has 0 amide bonds. The molecule has 2 aromatic carbocycles. The molecular weight excluding hydrogens is 374 g/mol. The lowest BCUT2D eigenvalue weighted by molar-refractivity contribution is 0.0598. The number of nitrogens with zero attached hydrogens (tertiary/aromatic N) is 1. The van der Waals surface area contributed by atoms with Crippen LogP contribution < -0.4 is 10.3 Å². The summed E-state index contributed by atoms with van der Waals surface area (Å²) in [5.41, 5.74) is 1.59. The second-order valence-corrected chi connectivity index (χ2v) is 6.61. The van der Waals surface area contributed by atoms with E-state index in [0.717, 1.165) is 0 Å². The maximum absolute atomic E-state index is 12.7. The van der Waals surface area contributed by atoms with E-state index < -0.39 is 5.97 Å². The van der Waals surface area contributed by atoms with Crippen LogP contribution in [0.25, 0.3) is 22.1 Å². The van der Waals surface area contributed by atoms with Crippen molar-refractivity contribution >= 4 is 29.1 Å². The molecule has 1 aromatic heterocycles. The lowest BCUT2D eigenvalue weighted by atomic mass is 9.95. The summed E-state index contributed by atoms with van der Waals surface area (Å²) in [5, 5.41) is 0.403. The zero-order chi connectivity index (χ0) is 20.4. The molecule has 0 N–H and O–H groups in total. The molecule has 0 unspecified atom stereocenters. The van der Waals surface area contributed by atoms with Crippen LogP contribution in [0, 0.1) is 0 Å². The standard InChI is InChI=1S/C22H19NO6/c1-27-22(26)16-6-2-4-14(18(16)13-24)15-5-3-7-17-19(25)12-20(29-21(15)17)23-8-10-28-11-9-23/h2-7,12-13H,8-11H2,1H3. The molecule has 29 heavy (non-hydrogen) atoms. The van der Waals surface area contributed by atoms with E-state index in [-0.39, 0.29) is 16.6 Å². The summed E-state index contributed by atoms with van der Waals surface area (Å²) in [6.45, 7) is 2.35. The van der Waals surface area contributed by atoms with Gasteiger partial charge in [-0.05, 0) is 17.7 Å². The number of aldehydes is 1. The minimum atomic E-state index is -0.607. The Morgan fingerprint density at radius 2 is 1.83 bits per heavy atom. The third-order valence-electron chi connectivity index (χ3n) is 4.98. The van der Waals surface area contributed by atoms with Crippen molar-refractivity contribution < 1.29 is 23.5 Å². The normalized spacial score (nSPS) is 14.0. The Bertz CT molecular complexity index is 1140. The molecular formula is C22H19NO6. The molecule has 4 rings (SSSR count). The van der Waals surface area contributed by atoms with Crippen molar-refractivity contribution in [1.29, 1.82) is 0 Å². The van der Waals surface area contributed by atoms with Gasteiger partial charge in [-0.15, -0.1) is 0 Å². The number of hydrogen-bond donors (Lipinski definition) is 0. The molecule has 7 heteroatoms. The highest BCUT2D eigenvalue weighted by Gasteiger charge is 2.20. The summed E-state index contributed by atoms with van der Waals surface area (Å²) in [4.78, 5) is 38.6. The molecule has 0 saturated carbocycles. The minimum Gasteiger partial charge on any atom is -0.465 e. The van der Waals surface area contributed by atoms with Crippen LogP contribution in [-0.2, 0) is 9.47 Å². The van der Waals surface area contributed by atoms with Gasteiger partial charge in [0, 0.05) is 30.3 Å². The fraction of sp³-hybridized carbons (Fsp3) is 0.227. The van der Waals surface area contributed by atoms with Gasteiger partial charge in [0.15, 0.2) is 17.6 Å². The second kappa shape index (κ2) is 7.89. The molecule has 0 bridgehead atoms. The lowest BCUT2D eigenvalue weighted by Gasteiger charge is -2.27. The smallest absolute Gasteiger partial charge is 0.338 e. The van der Waals surface area contributed by atoms with E-state index in [9.17, 15) is 14.4 Å². The molecule has 7 nitrogen and oxygen atoms in total. The summed E-state index contributed by atoms with van der Waals surface area (Å²) in [6, 6.07) is 11.5. The third-order valence-corrected chi connectivity index (χ3v) is 4.98. The van der Waals surface area contributed by atoms with Crippen molar-refractivity contribution in [2.24, 2.45) is 0 Å². The topological polar surface area (TPSA) is 86.1 Å². The van der Waals surface area contributed by atoms with Crippen LogP contribution in [0.3, 0.4) is 0 Å². The highest BCUT2D eigenvalue weighted by molar-refractivity contribution is 6.05. The second-order valence-electron chi connectivity index (χ2n) is 6.61. The zero-order valence-electron chi connectivity index (χ0n) is 15.8. The fourth-order valence-corrected chi connectivity index (χ4v) is 3.53. The maximum Gasteiger partial charge on any atom is 0.338 e. The van der Waals surface area contributed by atoms with Gasteiger partial charge in [-0.1, -0.05) is 24.3 Å². The summed E-state index contributed by atoms with van der Waals surface area (Å²) >= 11 is 0. The molecule has 1 aliphatic heterocycles. The number of fused-ring (bicyclic) bond motifs is 1. The Morgan fingerprint density at radius 1 is 1.10 bits per heavy atom. The van der Waals surface area contributed by atoms with E-state index >= 15 is 0 Å². The van der Waals surface area contributed by atoms with Crippen LogP contribution in [0.4, 0.5) is 5.88 Å². The first-order chi connectivity index (χ1) is 14.1. The molecule has 2 heterocycles. The Labute approximate surface area is 166 Å². The third kappa shape index (κ3) is 3.40. The van der Waals surface area contributed by atoms with E-state index in [1.54, 1.807) is 30.3 Å². The van der Waals surface area contributed by atoms with Gasteiger partial charge in [-0.3, -0.25) is 9.59 Å². The summed E-state index contributed by atoms with van der Waals surface area (Å²) in [7, 11) is 1.26. The minimum absolute atomic E-state index is 0.156. The van der Waals surface area contributed by atoms with Gasteiger partial charge < -0.3 is 18.8 Å². The highest BCUT2D eigenvalue weighted by atomic mass is 16.5. The van der Waals surface area contributed by atoms with Crippen LogP contribution >= 0.6 is 0 Å². The van der Waals surface area contributed by atoms with E-state index in [1.165, 1.54) is 19.2 Å². The van der Waals surface area contributed by atoms with Crippen LogP contribution in [0.2, 0.25) is 0 Å². The fourth-order valence-electron chi connectivity index (χ4n) is 3.53. The van der Waals surface area contributed by atoms with Crippen LogP contribution in [0.1, 0.15) is 20.7 Å². The average Bonchev–Trinajstić information content (AvgIpc) is 2.78. The predicted octanol–water partition coefficient (Wildman–Crippen LogP) is 2.90. The highest BCUT2D eigenvalue weighted by Crippen LogP contribution is 2.33. The molecule has 1 fully saturated rings. The SMILES string of the molecule is COC(=O)c1cccc(-c2cccc3c(=O)cc(N4CCOCC4)oc23)c1C=O. The van der Waals surface area contributed by atoms with Crippen molar-refractivity contribution in [3.63, 3.8) is 0 Å². The van der Waals surface area contributed by atoms with E-state index in [2.05, 4.69) is 0 Å². The number of carbonyl (C=O) groups excluding carboxylic acids is 2. The first-order valence-electron chi connectivity index (χ1n) is 9.20. The monoisotopic (exact) mass is 393 g/mol. The van der Waals surface area contributed by atoms with Gasteiger partial charge in [0.2, 0.25) is 0 Å². The van der Waals surface area contributed by atoms with Crippen molar-refractivity contribution in [3.8, 4) is 11.1 Å². The molecule has 3 aromatic rings. The number of methoxy groups -OCH3 is 1. The van der Waals surface area contributed by atoms with Crippen molar-refractivity contribution in [2.45, 2.75) is 0 Å². The van der Waals surface area contributed by atoms with Crippen LogP contribution in [0.15, 0.2) is 51.7 Å². The first-order valence-corrected chi connectivity index (χ1v) is 9.20. The molecule has 1 aliphatic rings. The van der Waals surface area contributed by atoms with Crippen molar-refractivity contribution in [2.75, 3.05) is 38.3 Å². The van der Waals surface area contributed by atoms with E-state index in [0.29, 0.717) is 60.6 Å². The molecule has 0 spiro atoms. The van der Waals surface area contributed by atoms with Crippen LogP contribution in [0.5, 0.6) is 0 Å². The van der Waals surface area contributed by atoms with Gasteiger partial charge in [-0.2, -0.15) is 0 Å². The largest absolute Gasteiger partial charge is 0.465 e. The van der Waals surface area contributed by atoms with Gasteiger partial charge >= 0.3 is 5.97 Å². The van der Waals surface area contributed by atoms with Gasteiger partial charge in [0.05, 0.1) is 31.3 Å². The summed E-state index contributed by atoms with van der Waals surface area (Å²) < 4.78 is 16.3. The summed E-state index contributed by atoms with van der Waals surface area (Å²) in [5.74, 6) is -0.153. The van der Waals surface area contributed by atoms with Gasteiger partial charge in [0.25, 0.3) is 0 Å². The lowest BCUT2D eigenvalue weighted by Crippen LogP contribution is -2.36. The first kappa shape index (κ1) is 18.9. The number of rotatable bonds is 4. The van der Waals surface area contributed by atoms with Crippen molar-refractivity contribution in [1.82, 2.24) is 0 Å². The Hall–Kier alpha value is -3.45. The van der Waals surface area contributed by atoms with E-state index in [4.69, 9.17) is 13.9 Å². The van der Waals surface area contributed by atoms with Gasteiger partial charge in [0.1, 0.15) is 5.58 Å². The number of hydrogen-bond acceptors (Lipinski definition) is 7. The van der Waals surface area contributed by atoms with Crippen LogP contribution in [-0.4, -0.2) is 45.7 Å². The molecule has 0 atom stereocenters. The average molecular weight is 393 g/mol. The van der Waals surface area contributed by atoms with Crippen molar-refractivity contribution in [3.05, 3.63) is 63.8 Å². The molecule has 148 valence electrons. The quantitative estimate of drug-likeness (QED) is 0.498. The number of morpholine rings is 1. The number of anilines is 1.